The Balaban J connectivity index is 1.64. The van der Waals surface area contributed by atoms with Gasteiger partial charge in [0.25, 0.3) is 5.91 Å². The Morgan fingerprint density at radius 3 is 2.41 bits per heavy atom. The molecule has 1 saturated heterocycles. The first-order valence-electron chi connectivity index (χ1n) is 12.7. The van der Waals surface area contributed by atoms with Crippen LogP contribution in [0.5, 0.6) is 0 Å². The number of hydrogen-bond donors (Lipinski definition) is 1. The molecule has 0 saturated carbocycles. The summed E-state index contributed by atoms with van der Waals surface area (Å²) in [4.78, 5) is 44.8. The molecular formula is C28H33FN4O4. The zero-order valence-corrected chi connectivity index (χ0v) is 21.4. The van der Waals surface area contributed by atoms with Crippen LogP contribution < -0.4 is 5.32 Å². The van der Waals surface area contributed by atoms with Gasteiger partial charge in [-0.25, -0.2) is 14.0 Å². The summed E-state index contributed by atoms with van der Waals surface area (Å²) in [7, 11) is 0. The number of esters is 1. The Labute approximate surface area is 216 Å². The van der Waals surface area contributed by atoms with Gasteiger partial charge in [-0.05, 0) is 39.0 Å². The molecule has 37 heavy (non-hydrogen) atoms. The highest BCUT2D eigenvalue weighted by Crippen LogP contribution is 2.33. The van der Waals surface area contributed by atoms with E-state index in [4.69, 9.17) is 4.74 Å². The summed E-state index contributed by atoms with van der Waals surface area (Å²) in [6, 6.07) is 13.8. The summed E-state index contributed by atoms with van der Waals surface area (Å²) in [5, 5.41) is 2.80. The Morgan fingerprint density at radius 1 is 1.05 bits per heavy atom. The summed E-state index contributed by atoms with van der Waals surface area (Å²) in [5.74, 6) is -1.12. The lowest BCUT2D eigenvalue weighted by Gasteiger charge is -2.43. The number of carbonyl (C=O) groups is 3. The van der Waals surface area contributed by atoms with Crippen LogP contribution in [0.15, 0.2) is 65.9 Å². The fraction of sp³-hybridized carbons (Fsp3) is 0.393. The molecule has 2 unspecified atom stereocenters. The third-order valence-electron chi connectivity index (χ3n) is 6.83. The van der Waals surface area contributed by atoms with E-state index in [1.807, 2.05) is 36.9 Å². The molecule has 2 aliphatic rings. The van der Waals surface area contributed by atoms with Gasteiger partial charge >= 0.3 is 12.0 Å². The highest BCUT2D eigenvalue weighted by molar-refractivity contribution is 5.95. The molecule has 2 aliphatic heterocycles. The van der Waals surface area contributed by atoms with Gasteiger partial charge in [0, 0.05) is 55.6 Å². The smallest absolute Gasteiger partial charge is 0.338 e. The predicted octanol–water partition coefficient (Wildman–Crippen LogP) is 3.58. The molecule has 0 aromatic heterocycles. The van der Waals surface area contributed by atoms with Crippen LogP contribution in [-0.2, 0) is 9.53 Å². The van der Waals surface area contributed by atoms with Gasteiger partial charge in [0.1, 0.15) is 5.82 Å². The number of urea groups is 1. The van der Waals surface area contributed by atoms with Gasteiger partial charge < -0.3 is 15.0 Å². The number of likely N-dealkylation sites (N-methyl/N-ethyl adjacent to an activating group) is 1. The van der Waals surface area contributed by atoms with Crippen LogP contribution in [-0.4, -0.2) is 78.0 Å². The van der Waals surface area contributed by atoms with Crippen molar-refractivity contribution in [1.29, 1.82) is 0 Å². The van der Waals surface area contributed by atoms with Gasteiger partial charge in [0.05, 0.1) is 18.2 Å². The van der Waals surface area contributed by atoms with Gasteiger partial charge in [0.2, 0.25) is 0 Å². The van der Waals surface area contributed by atoms with Gasteiger partial charge in [0.15, 0.2) is 0 Å². The van der Waals surface area contributed by atoms with Crippen molar-refractivity contribution >= 4 is 17.9 Å². The Hall–Kier alpha value is -3.72. The maximum atomic E-state index is 14.8. The number of nitrogens with one attached hydrogen (secondary N) is 1. The maximum Gasteiger partial charge on any atom is 0.338 e. The average Bonchev–Trinajstić information content (AvgIpc) is 2.89. The van der Waals surface area contributed by atoms with Crippen LogP contribution in [0.2, 0.25) is 0 Å². The molecule has 0 aliphatic carbocycles. The first-order valence-corrected chi connectivity index (χ1v) is 12.7. The van der Waals surface area contributed by atoms with Crippen LogP contribution in [0.3, 0.4) is 0 Å². The van der Waals surface area contributed by atoms with E-state index in [0.29, 0.717) is 37.4 Å². The van der Waals surface area contributed by atoms with E-state index in [2.05, 4.69) is 10.2 Å². The number of ether oxygens (including phenoxy) is 1. The molecule has 8 nitrogen and oxygen atoms in total. The summed E-state index contributed by atoms with van der Waals surface area (Å²) in [5.41, 5.74) is 1.57. The number of amides is 3. The molecule has 1 fully saturated rings. The zero-order valence-electron chi connectivity index (χ0n) is 21.4. The number of rotatable bonds is 7. The lowest BCUT2D eigenvalue weighted by Crippen LogP contribution is -2.56. The van der Waals surface area contributed by atoms with Crippen LogP contribution in [0.4, 0.5) is 9.18 Å². The largest absolute Gasteiger partial charge is 0.463 e. The monoisotopic (exact) mass is 508 g/mol. The lowest BCUT2D eigenvalue weighted by molar-refractivity contribution is -0.139. The number of carbonyl (C=O) groups excluding carboxylic acids is 3. The van der Waals surface area contributed by atoms with E-state index in [9.17, 15) is 18.8 Å². The van der Waals surface area contributed by atoms with Crippen molar-refractivity contribution in [3.63, 3.8) is 0 Å². The normalized spacial score (nSPS) is 20.6. The number of piperazine rings is 1. The van der Waals surface area contributed by atoms with Crippen molar-refractivity contribution in [2.45, 2.75) is 32.9 Å². The number of nitrogens with zero attached hydrogens (tertiary/aromatic N) is 3. The van der Waals surface area contributed by atoms with E-state index >= 15 is 0 Å². The molecule has 0 radical (unpaired) electrons. The second kappa shape index (κ2) is 11.6. The molecule has 196 valence electrons. The minimum Gasteiger partial charge on any atom is -0.463 e. The van der Waals surface area contributed by atoms with E-state index < -0.39 is 23.9 Å². The maximum absolute atomic E-state index is 14.8. The standard InChI is InChI=1S/C28H33FN4O4/c1-4-32-23(18-31-15-16-33(19(3)17-31)26(34)20-11-7-6-8-12-20)24(27(35)37-5-2)25(30-28(32)36)21-13-9-10-14-22(21)29/h6-14,19,25H,4-5,15-18H2,1-3H3,(H,30,36). The first-order chi connectivity index (χ1) is 17.8. The first kappa shape index (κ1) is 26.3. The van der Waals surface area contributed by atoms with E-state index in [0.717, 1.165) is 0 Å². The number of hydrogen-bond acceptors (Lipinski definition) is 5. The van der Waals surface area contributed by atoms with Crippen LogP contribution in [0, 0.1) is 5.82 Å². The lowest BCUT2D eigenvalue weighted by atomic mass is 9.93. The molecule has 3 amide bonds. The predicted molar refractivity (Wildman–Crippen MR) is 137 cm³/mol. The van der Waals surface area contributed by atoms with Gasteiger partial charge in [-0.3, -0.25) is 14.6 Å². The molecule has 2 atom stereocenters. The van der Waals surface area contributed by atoms with Crippen molar-refractivity contribution in [2.24, 2.45) is 0 Å². The van der Waals surface area contributed by atoms with Crippen molar-refractivity contribution in [3.8, 4) is 0 Å². The highest BCUT2D eigenvalue weighted by atomic mass is 19.1. The summed E-state index contributed by atoms with van der Waals surface area (Å²) in [6.07, 6.45) is 0. The van der Waals surface area contributed by atoms with E-state index in [1.165, 1.54) is 11.0 Å². The summed E-state index contributed by atoms with van der Waals surface area (Å²) >= 11 is 0. The molecule has 2 aromatic rings. The van der Waals surface area contributed by atoms with Crippen LogP contribution in [0.1, 0.15) is 42.7 Å². The molecule has 2 heterocycles. The second-order valence-electron chi connectivity index (χ2n) is 9.18. The molecule has 4 rings (SSSR count). The minimum absolute atomic E-state index is 0.0222. The third-order valence-corrected chi connectivity index (χ3v) is 6.83. The van der Waals surface area contributed by atoms with Crippen molar-refractivity contribution in [3.05, 3.63) is 82.8 Å². The zero-order chi connectivity index (χ0) is 26.5. The minimum atomic E-state index is -0.969. The molecule has 0 bridgehead atoms. The fourth-order valence-electron chi connectivity index (χ4n) is 5.04. The van der Waals surface area contributed by atoms with E-state index in [1.54, 1.807) is 37.3 Å². The Bertz CT molecular complexity index is 1190. The summed E-state index contributed by atoms with van der Waals surface area (Å²) in [6.45, 7) is 7.91. The van der Waals surface area contributed by atoms with Crippen molar-refractivity contribution in [1.82, 2.24) is 20.0 Å². The van der Waals surface area contributed by atoms with Crippen LogP contribution >= 0.6 is 0 Å². The molecule has 2 aromatic carbocycles. The van der Waals surface area contributed by atoms with Crippen LogP contribution in [0.25, 0.3) is 0 Å². The molecule has 0 spiro atoms. The van der Waals surface area contributed by atoms with E-state index in [-0.39, 0.29) is 36.2 Å². The number of halogens is 1. The van der Waals surface area contributed by atoms with Gasteiger partial charge in [-0.15, -0.1) is 0 Å². The van der Waals surface area contributed by atoms with Crippen molar-refractivity contribution in [2.75, 3.05) is 39.3 Å². The number of benzene rings is 2. The SMILES string of the molecule is CCOC(=O)C1=C(CN2CCN(C(=O)c3ccccc3)C(C)C2)N(CC)C(=O)NC1c1ccccc1F. The molecular weight excluding hydrogens is 475 g/mol. The molecule has 9 heteroatoms. The average molecular weight is 509 g/mol. The summed E-state index contributed by atoms with van der Waals surface area (Å²) < 4.78 is 20.2. The van der Waals surface area contributed by atoms with Crippen molar-refractivity contribution < 1.29 is 23.5 Å². The van der Waals surface area contributed by atoms with Gasteiger partial charge in [-0.1, -0.05) is 36.4 Å². The topological polar surface area (TPSA) is 82.2 Å². The fourth-order valence-corrected chi connectivity index (χ4v) is 5.04. The van der Waals surface area contributed by atoms with Gasteiger partial charge in [-0.2, -0.15) is 0 Å². The Morgan fingerprint density at radius 2 is 1.76 bits per heavy atom. The quantitative estimate of drug-likeness (QED) is 0.579. The third kappa shape index (κ3) is 5.51. The second-order valence-corrected chi connectivity index (χ2v) is 9.18. The highest BCUT2D eigenvalue weighted by Gasteiger charge is 2.40. The molecule has 1 N–H and O–H groups in total. The Kier molecular flexibility index (Phi) is 8.23.